The van der Waals surface area contributed by atoms with Crippen LogP contribution in [0.4, 0.5) is 0 Å². The van der Waals surface area contributed by atoms with Crippen LogP contribution in [-0.4, -0.2) is 28.8 Å². The van der Waals surface area contributed by atoms with Crippen molar-refractivity contribution >= 4 is 11.8 Å². The number of esters is 1. The molecule has 0 radical (unpaired) electrons. The van der Waals surface area contributed by atoms with Crippen molar-refractivity contribution in [3.05, 3.63) is 46.0 Å². The number of hydrogen-bond acceptors (Lipinski definition) is 5. The van der Waals surface area contributed by atoms with Gasteiger partial charge in [0.1, 0.15) is 5.92 Å². The molecule has 1 saturated carbocycles. The molecule has 0 amide bonds. The molecule has 6 nitrogen and oxygen atoms in total. The van der Waals surface area contributed by atoms with E-state index < -0.39 is 40.7 Å². The van der Waals surface area contributed by atoms with Crippen LogP contribution in [0.25, 0.3) is 0 Å². The van der Waals surface area contributed by atoms with Gasteiger partial charge < -0.3 is 4.74 Å². The highest BCUT2D eigenvalue weighted by Gasteiger charge is 2.66. The number of carbonyl (C=O) groups is 2. The van der Waals surface area contributed by atoms with Gasteiger partial charge in [0.05, 0.1) is 12.0 Å². The topological polar surface area (TPSA) is 86.5 Å². The van der Waals surface area contributed by atoms with Crippen LogP contribution < -0.4 is 0 Å². The second kappa shape index (κ2) is 5.40. The Balaban J connectivity index is 2.17. The van der Waals surface area contributed by atoms with Crippen LogP contribution in [0, 0.1) is 16.0 Å². The molecule has 0 unspecified atom stereocenters. The van der Waals surface area contributed by atoms with Gasteiger partial charge in [-0.2, -0.15) is 0 Å². The average molecular weight is 277 g/mol. The molecule has 1 aromatic rings. The SMILES string of the molecule is CC(C)OC(=O)C(=O)[C@@H]1[C@H](c2ccccc2)[C@H]1[N+](=O)[O-]. The second-order valence-corrected chi connectivity index (χ2v) is 5.06. The molecule has 0 aromatic heterocycles. The molecule has 2 rings (SSSR count). The van der Waals surface area contributed by atoms with Crippen molar-refractivity contribution in [1.29, 1.82) is 0 Å². The van der Waals surface area contributed by atoms with E-state index >= 15 is 0 Å². The van der Waals surface area contributed by atoms with Gasteiger partial charge >= 0.3 is 5.97 Å². The van der Waals surface area contributed by atoms with Gasteiger partial charge in [0.2, 0.25) is 6.04 Å². The zero-order valence-electron chi connectivity index (χ0n) is 11.2. The summed E-state index contributed by atoms with van der Waals surface area (Å²) >= 11 is 0. The van der Waals surface area contributed by atoms with E-state index in [1.807, 2.05) is 0 Å². The smallest absolute Gasteiger partial charge is 0.375 e. The summed E-state index contributed by atoms with van der Waals surface area (Å²) < 4.78 is 4.81. The molecular formula is C14H15NO5. The van der Waals surface area contributed by atoms with Crippen LogP contribution in [0.3, 0.4) is 0 Å². The molecule has 0 N–H and O–H groups in total. The average Bonchev–Trinajstić information content (AvgIpc) is 3.13. The number of nitrogens with zero attached hydrogens (tertiary/aromatic N) is 1. The van der Waals surface area contributed by atoms with Gasteiger partial charge in [0, 0.05) is 4.92 Å². The zero-order valence-corrected chi connectivity index (χ0v) is 11.2. The minimum Gasteiger partial charge on any atom is -0.457 e. The lowest BCUT2D eigenvalue weighted by Crippen LogP contribution is -2.24. The summed E-state index contributed by atoms with van der Waals surface area (Å²) in [6.07, 6.45) is -0.422. The highest BCUT2D eigenvalue weighted by atomic mass is 16.6. The lowest BCUT2D eigenvalue weighted by molar-refractivity contribution is -0.498. The normalized spacial score (nSPS) is 24.2. The van der Waals surface area contributed by atoms with Crippen molar-refractivity contribution in [1.82, 2.24) is 0 Å². The lowest BCUT2D eigenvalue weighted by Gasteiger charge is -2.05. The van der Waals surface area contributed by atoms with Gasteiger partial charge in [0.25, 0.3) is 5.78 Å². The third-order valence-electron chi connectivity index (χ3n) is 3.26. The Morgan fingerprint density at radius 1 is 1.25 bits per heavy atom. The van der Waals surface area contributed by atoms with E-state index in [9.17, 15) is 19.7 Å². The number of rotatable bonds is 5. The Morgan fingerprint density at radius 3 is 2.35 bits per heavy atom. The molecule has 0 saturated heterocycles. The van der Waals surface area contributed by atoms with Crippen LogP contribution >= 0.6 is 0 Å². The summed E-state index contributed by atoms with van der Waals surface area (Å²) in [4.78, 5) is 34.1. The summed E-state index contributed by atoms with van der Waals surface area (Å²) in [5.41, 5.74) is 0.699. The van der Waals surface area contributed by atoms with E-state index in [4.69, 9.17) is 4.74 Å². The monoisotopic (exact) mass is 277 g/mol. The number of ether oxygens (including phenoxy) is 1. The summed E-state index contributed by atoms with van der Waals surface area (Å²) in [5, 5.41) is 11.0. The number of carbonyl (C=O) groups excluding carboxylic acids is 2. The van der Waals surface area contributed by atoms with E-state index in [-0.39, 0.29) is 0 Å². The number of ketones is 1. The fourth-order valence-corrected chi connectivity index (χ4v) is 2.36. The van der Waals surface area contributed by atoms with Crippen LogP contribution in [0.1, 0.15) is 25.3 Å². The number of nitro groups is 1. The Morgan fingerprint density at radius 2 is 1.85 bits per heavy atom. The quantitative estimate of drug-likeness (QED) is 0.353. The summed E-state index contributed by atoms with van der Waals surface area (Å²) in [7, 11) is 0. The van der Waals surface area contributed by atoms with E-state index in [1.165, 1.54) is 0 Å². The molecule has 1 aliphatic rings. The minimum absolute atomic E-state index is 0.422. The molecule has 1 fully saturated rings. The maximum absolute atomic E-state index is 12.0. The highest BCUT2D eigenvalue weighted by Crippen LogP contribution is 2.50. The molecule has 1 aromatic carbocycles. The zero-order chi connectivity index (χ0) is 14.9. The summed E-state index contributed by atoms with van der Waals surface area (Å²) in [6, 6.07) is 7.70. The molecule has 1 aliphatic carbocycles. The predicted molar refractivity (Wildman–Crippen MR) is 69.7 cm³/mol. The minimum atomic E-state index is -1.04. The first-order valence-corrected chi connectivity index (χ1v) is 6.36. The second-order valence-electron chi connectivity index (χ2n) is 5.06. The van der Waals surface area contributed by atoms with E-state index in [1.54, 1.807) is 44.2 Å². The van der Waals surface area contributed by atoms with Crippen LogP contribution in [0.2, 0.25) is 0 Å². The third-order valence-corrected chi connectivity index (χ3v) is 3.26. The Labute approximate surface area is 115 Å². The maximum atomic E-state index is 12.0. The van der Waals surface area contributed by atoms with Gasteiger partial charge in [0.15, 0.2) is 0 Å². The van der Waals surface area contributed by atoms with Crippen LogP contribution in [-0.2, 0) is 14.3 Å². The fourth-order valence-electron chi connectivity index (χ4n) is 2.36. The van der Waals surface area contributed by atoms with E-state index in [2.05, 4.69) is 0 Å². The van der Waals surface area contributed by atoms with Crippen molar-refractivity contribution in [2.45, 2.75) is 31.9 Å². The molecule has 3 atom stereocenters. The van der Waals surface area contributed by atoms with Crippen molar-refractivity contribution in [3.8, 4) is 0 Å². The molecule has 0 heterocycles. The van der Waals surface area contributed by atoms with Gasteiger partial charge in [-0.25, -0.2) is 4.79 Å². The van der Waals surface area contributed by atoms with Crippen LogP contribution in [0.15, 0.2) is 30.3 Å². The van der Waals surface area contributed by atoms with Crippen molar-refractivity contribution in [3.63, 3.8) is 0 Å². The first kappa shape index (κ1) is 14.2. The van der Waals surface area contributed by atoms with Crippen molar-refractivity contribution in [2.75, 3.05) is 0 Å². The highest BCUT2D eigenvalue weighted by molar-refractivity contribution is 6.35. The van der Waals surface area contributed by atoms with E-state index in [0.29, 0.717) is 5.56 Å². The fraction of sp³-hybridized carbons (Fsp3) is 0.429. The number of hydrogen-bond donors (Lipinski definition) is 0. The van der Waals surface area contributed by atoms with Crippen molar-refractivity contribution in [2.24, 2.45) is 5.92 Å². The Kier molecular flexibility index (Phi) is 3.83. The molecule has 20 heavy (non-hydrogen) atoms. The predicted octanol–water partition coefficient (Wildman–Crippen LogP) is 1.57. The van der Waals surface area contributed by atoms with Crippen LogP contribution in [0.5, 0.6) is 0 Å². The first-order chi connectivity index (χ1) is 9.43. The maximum Gasteiger partial charge on any atom is 0.375 e. The van der Waals surface area contributed by atoms with E-state index in [0.717, 1.165) is 0 Å². The molecule has 0 aliphatic heterocycles. The molecule has 0 spiro atoms. The Hall–Kier alpha value is -2.24. The van der Waals surface area contributed by atoms with Gasteiger partial charge in [-0.3, -0.25) is 14.9 Å². The molecule has 6 heteroatoms. The molecule has 0 bridgehead atoms. The first-order valence-electron chi connectivity index (χ1n) is 6.36. The molecule has 106 valence electrons. The molecular weight excluding hydrogens is 262 g/mol. The van der Waals surface area contributed by atoms with Gasteiger partial charge in [-0.1, -0.05) is 30.3 Å². The van der Waals surface area contributed by atoms with Gasteiger partial charge in [-0.15, -0.1) is 0 Å². The van der Waals surface area contributed by atoms with Gasteiger partial charge in [-0.05, 0) is 19.4 Å². The third kappa shape index (κ3) is 2.68. The summed E-state index contributed by atoms with van der Waals surface area (Å²) in [6.45, 7) is 3.25. The summed E-state index contributed by atoms with van der Waals surface area (Å²) in [5.74, 6) is -3.26. The largest absolute Gasteiger partial charge is 0.457 e. The number of Topliss-reactive ketones (excluding diaryl/α,β-unsaturated/α-hetero) is 1. The Bertz CT molecular complexity index is 540. The van der Waals surface area contributed by atoms with Crippen molar-refractivity contribution < 1.29 is 19.2 Å². The number of benzene rings is 1. The lowest BCUT2D eigenvalue weighted by atomic mass is 10.1. The standard InChI is InChI=1S/C14H15NO5/c1-8(2)20-14(17)13(16)11-10(12(11)15(18)19)9-6-4-3-5-7-9/h3-8,10-12H,1-2H3/t10-,11+,12+/m0/s1.